The molecule has 0 aromatic carbocycles. The second-order valence-corrected chi connectivity index (χ2v) is 10.2. The van der Waals surface area contributed by atoms with Crippen molar-refractivity contribution in [2.24, 2.45) is 5.41 Å². The van der Waals surface area contributed by atoms with Crippen LogP contribution in [0, 0.1) is 5.41 Å². The molecule has 0 bridgehead atoms. The maximum absolute atomic E-state index is 13.3. The number of rotatable bonds is 7. The molecule has 7 nitrogen and oxygen atoms in total. The number of thiophene rings is 1. The Bertz CT molecular complexity index is 884. The lowest BCUT2D eigenvalue weighted by atomic mass is 9.85. The zero-order valence-electron chi connectivity index (χ0n) is 18.9. The molecule has 8 heteroatoms. The number of hydrogen-bond acceptors (Lipinski definition) is 6. The van der Waals surface area contributed by atoms with E-state index < -0.39 is 34.9 Å². The van der Waals surface area contributed by atoms with Crippen LogP contribution in [0.2, 0.25) is 0 Å². The largest absolute Gasteiger partial charge is 0.460 e. The van der Waals surface area contributed by atoms with Gasteiger partial charge < -0.3 is 15.4 Å². The normalized spacial score (nSPS) is 13.7. The molecule has 0 aliphatic heterocycles. The van der Waals surface area contributed by atoms with Gasteiger partial charge in [0.05, 0.1) is 12.3 Å². The van der Waals surface area contributed by atoms with E-state index in [1.54, 1.807) is 45.3 Å². The zero-order valence-corrected chi connectivity index (χ0v) is 19.7. The zero-order chi connectivity index (χ0) is 23.2. The molecule has 168 valence electrons. The topological polar surface area (TPSA) is 97.4 Å². The van der Waals surface area contributed by atoms with Crippen molar-refractivity contribution in [3.8, 4) is 0 Å². The van der Waals surface area contributed by atoms with Crippen molar-refractivity contribution in [3.63, 3.8) is 0 Å². The number of aromatic nitrogens is 1. The smallest absolute Gasteiger partial charge is 0.307 e. The lowest BCUT2D eigenvalue weighted by molar-refractivity contribution is -0.156. The van der Waals surface area contributed by atoms with E-state index in [0.29, 0.717) is 5.69 Å². The number of esters is 1. The van der Waals surface area contributed by atoms with Gasteiger partial charge in [-0.05, 0) is 60.7 Å². The van der Waals surface area contributed by atoms with Crippen molar-refractivity contribution >= 4 is 34.8 Å². The van der Waals surface area contributed by atoms with Crippen LogP contribution in [-0.4, -0.2) is 34.4 Å². The molecule has 2 N–H and O–H groups in total. The van der Waals surface area contributed by atoms with Gasteiger partial charge in [-0.3, -0.25) is 19.4 Å². The van der Waals surface area contributed by atoms with Gasteiger partial charge in [0, 0.05) is 18.1 Å². The minimum Gasteiger partial charge on any atom is -0.460 e. The molecule has 0 aliphatic rings. The van der Waals surface area contributed by atoms with E-state index in [1.807, 2.05) is 37.6 Å². The molecule has 0 saturated carbocycles. The van der Waals surface area contributed by atoms with Gasteiger partial charge in [0.2, 0.25) is 11.8 Å². The van der Waals surface area contributed by atoms with E-state index in [2.05, 4.69) is 15.6 Å². The SMILES string of the molecule is CC(C)(C)OC(=O)C[C@H](C(=O)N[C@H](C(=O)Nc1ccncc1)C(C)(C)C)c1ccsc1. The average molecular weight is 446 g/mol. The lowest BCUT2D eigenvalue weighted by Gasteiger charge is -2.31. The van der Waals surface area contributed by atoms with Crippen molar-refractivity contribution in [1.29, 1.82) is 0 Å². The van der Waals surface area contributed by atoms with Gasteiger partial charge in [-0.2, -0.15) is 11.3 Å². The summed E-state index contributed by atoms with van der Waals surface area (Å²) in [5, 5.41) is 9.36. The fraction of sp³-hybridized carbons (Fsp3) is 0.478. The van der Waals surface area contributed by atoms with Crippen LogP contribution in [0.25, 0.3) is 0 Å². The third-order valence-corrected chi connectivity index (χ3v) is 5.12. The van der Waals surface area contributed by atoms with Crippen LogP contribution in [0.5, 0.6) is 0 Å². The Morgan fingerprint density at radius 1 is 1.03 bits per heavy atom. The molecule has 2 amide bonds. The standard InChI is InChI=1S/C23H31N3O4S/c1-22(2,3)19(21(29)25-16-7-10-24-11-8-16)26-20(28)17(15-9-12-31-14-15)13-18(27)30-23(4,5)6/h7-12,14,17,19H,13H2,1-6H3,(H,26,28)(H,24,25,29)/t17-,19+/m0/s1. The highest BCUT2D eigenvalue weighted by Gasteiger charge is 2.36. The number of ether oxygens (including phenoxy) is 1. The Balaban J connectivity index is 2.21. The number of nitrogens with zero attached hydrogens (tertiary/aromatic N) is 1. The highest BCUT2D eigenvalue weighted by molar-refractivity contribution is 7.08. The summed E-state index contributed by atoms with van der Waals surface area (Å²) in [6.07, 6.45) is 3.05. The maximum atomic E-state index is 13.3. The van der Waals surface area contributed by atoms with E-state index in [-0.39, 0.29) is 12.3 Å². The molecule has 0 saturated heterocycles. The Hall–Kier alpha value is -2.74. The van der Waals surface area contributed by atoms with Crippen LogP contribution >= 0.6 is 11.3 Å². The summed E-state index contributed by atoms with van der Waals surface area (Å²) in [5.74, 6) is -1.95. The molecule has 0 spiro atoms. The number of nitrogens with one attached hydrogen (secondary N) is 2. The highest BCUT2D eigenvalue weighted by atomic mass is 32.1. The van der Waals surface area contributed by atoms with Crippen LogP contribution in [-0.2, 0) is 19.1 Å². The maximum Gasteiger partial charge on any atom is 0.307 e. The molecule has 2 heterocycles. The molecule has 31 heavy (non-hydrogen) atoms. The summed E-state index contributed by atoms with van der Waals surface area (Å²) in [4.78, 5) is 42.6. The van der Waals surface area contributed by atoms with Gasteiger partial charge in [-0.15, -0.1) is 0 Å². The summed E-state index contributed by atoms with van der Waals surface area (Å²) in [5.41, 5.74) is 0.102. The number of pyridine rings is 1. The number of hydrogen-bond donors (Lipinski definition) is 2. The first-order chi connectivity index (χ1) is 14.4. The summed E-state index contributed by atoms with van der Waals surface area (Å²) in [6.45, 7) is 11.0. The average Bonchev–Trinajstić information content (AvgIpc) is 3.16. The van der Waals surface area contributed by atoms with Gasteiger partial charge in [0.1, 0.15) is 11.6 Å². The number of anilines is 1. The minimum atomic E-state index is -0.812. The molecule has 0 aliphatic carbocycles. The molecule has 2 aromatic rings. The first-order valence-corrected chi connectivity index (χ1v) is 11.1. The van der Waals surface area contributed by atoms with Gasteiger partial charge in [-0.25, -0.2) is 0 Å². The monoisotopic (exact) mass is 445 g/mol. The van der Waals surface area contributed by atoms with E-state index in [1.165, 1.54) is 11.3 Å². The lowest BCUT2D eigenvalue weighted by Crippen LogP contribution is -2.52. The van der Waals surface area contributed by atoms with E-state index in [4.69, 9.17) is 4.74 Å². The second-order valence-electron chi connectivity index (χ2n) is 9.43. The number of carbonyl (C=O) groups excluding carboxylic acids is 3. The number of amides is 2. The van der Waals surface area contributed by atoms with Crippen molar-refractivity contribution in [2.75, 3.05) is 5.32 Å². The van der Waals surface area contributed by atoms with Gasteiger partial charge >= 0.3 is 5.97 Å². The molecule has 2 aromatic heterocycles. The fourth-order valence-electron chi connectivity index (χ4n) is 2.95. The summed E-state index contributed by atoms with van der Waals surface area (Å²) in [6, 6.07) is 4.35. The van der Waals surface area contributed by atoms with E-state index >= 15 is 0 Å². The predicted molar refractivity (Wildman–Crippen MR) is 122 cm³/mol. The fourth-order valence-corrected chi connectivity index (χ4v) is 3.67. The second kappa shape index (κ2) is 10.0. The number of carbonyl (C=O) groups is 3. The molecular weight excluding hydrogens is 414 g/mol. The Labute approximate surface area is 187 Å². The summed E-state index contributed by atoms with van der Waals surface area (Å²) < 4.78 is 5.41. The van der Waals surface area contributed by atoms with Crippen LogP contribution in [0.3, 0.4) is 0 Å². The molecule has 0 radical (unpaired) electrons. The third kappa shape index (κ3) is 7.79. The molecule has 2 atom stereocenters. The summed E-state index contributed by atoms with van der Waals surface area (Å²) in [7, 11) is 0. The van der Waals surface area contributed by atoms with Crippen molar-refractivity contribution in [1.82, 2.24) is 10.3 Å². The Morgan fingerprint density at radius 2 is 1.68 bits per heavy atom. The molecule has 2 rings (SSSR count). The highest BCUT2D eigenvalue weighted by Crippen LogP contribution is 2.27. The van der Waals surface area contributed by atoms with Crippen molar-refractivity contribution in [3.05, 3.63) is 46.9 Å². The van der Waals surface area contributed by atoms with Crippen molar-refractivity contribution in [2.45, 2.75) is 65.5 Å². The third-order valence-electron chi connectivity index (χ3n) is 4.42. The van der Waals surface area contributed by atoms with E-state index in [9.17, 15) is 14.4 Å². The first-order valence-electron chi connectivity index (χ1n) is 10.1. The predicted octanol–water partition coefficient (Wildman–Crippen LogP) is 4.13. The Morgan fingerprint density at radius 3 is 2.19 bits per heavy atom. The minimum absolute atomic E-state index is 0.108. The molecule has 0 unspecified atom stereocenters. The molecule has 0 fully saturated rings. The van der Waals surface area contributed by atoms with Crippen LogP contribution in [0.4, 0.5) is 5.69 Å². The van der Waals surface area contributed by atoms with Gasteiger partial charge in [-0.1, -0.05) is 20.8 Å². The van der Waals surface area contributed by atoms with Crippen molar-refractivity contribution < 1.29 is 19.1 Å². The van der Waals surface area contributed by atoms with Crippen LogP contribution < -0.4 is 10.6 Å². The van der Waals surface area contributed by atoms with Gasteiger partial charge in [0.25, 0.3) is 0 Å². The first kappa shape index (κ1) is 24.5. The van der Waals surface area contributed by atoms with Crippen LogP contribution in [0.15, 0.2) is 41.4 Å². The van der Waals surface area contributed by atoms with E-state index in [0.717, 1.165) is 5.56 Å². The van der Waals surface area contributed by atoms with Crippen LogP contribution in [0.1, 0.15) is 59.4 Å². The molecular formula is C23H31N3O4S. The Kier molecular flexibility index (Phi) is 7.95. The van der Waals surface area contributed by atoms with Gasteiger partial charge in [0.15, 0.2) is 0 Å². The summed E-state index contributed by atoms with van der Waals surface area (Å²) >= 11 is 1.44. The quantitative estimate of drug-likeness (QED) is 0.625.